The van der Waals surface area contributed by atoms with Crippen LogP contribution >= 0.6 is 0 Å². The first-order chi connectivity index (χ1) is 8.98. The molecule has 1 aromatic rings. The Morgan fingerprint density at radius 1 is 1.47 bits per heavy atom. The van der Waals surface area contributed by atoms with E-state index < -0.39 is 9.84 Å². The minimum absolute atomic E-state index is 0.0513. The zero-order chi connectivity index (χ0) is 14.3. The summed E-state index contributed by atoms with van der Waals surface area (Å²) < 4.78 is 28.4. The van der Waals surface area contributed by atoms with Crippen molar-refractivity contribution in [3.63, 3.8) is 0 Å². The van der Waals surface area contributed by atoms with Crippen LogP contribution < -0.4 is 10.2 Å². The van der Waals surface area contributed by atoms with E-state index in [4.69, 9.17) is 10.00 Å². The van der Waals surface area contributed by atoms with E-state index in [0.717, 1.165) is 6.42 Å². The molecule has 0 unspecified atom stereocenters. The molecule has 104 valence electrons. The molecule has 0 saturated carbocycles. The molecule has 7 heteroatoms. The fraction of sp³-hybridized carbons (Fsp3) is 0.500. The number of aromatic amines is 1. The first kappa shape index (κ1) is 15.2. The van der Waals surface area contributed by atoms with E-state index >= 15 is 0 Å². The average Bonchev–Trinajstić information content (AvgIpc) is 2.35. The lowest BCUT2D eigenvalue weighted by Gasteiger charge is -2.06. The summed E-state index contributed by atoms with van der Waals surface area (Å²) in [7, 11) is -3.38. The summed E-state index contributed by atoms with van der Waals surface area (Å²) in [6, 6.07) is 3.00. The number of nitrogens with zero attached hydrogens (tertiary/aromatic N) is 1. The van der Waals surface area contributed by atoms with Crippen LogP contribution in [0.25, 0.3) is 0 Å². The highest BCUT2D eigenvalue weighted by Gasteiger charge is 2.13. The van der Waals surface area contributed by atoms with E-state index in [1.54, 1.807) is 6.07 Å². The van der Waals surface area contributed by atoms with E-state index in [0.29, 0.717) is 12.3 Å². The number of ether oxygens (including phenoxy) is 1. The van der Waals surface area contributed by atoms with Gasteiger partial charge in [-0.2, -0.15) is 5.26 Å². The lowest BCUT2D eigenvalue weighted by molar-refractivity contribution is 0.313. The number of sulfone groups is 1. The van der Waals surface area contributed by atoms with Crippen LogP contribution in [0.5, 0.6) is 5.75 Å². The third kappa shape index (κ3) is 5.14. The van der Waals surface area contributed by atoms with Gasteiger partial charge in [-0.15, -0.1) is 0 Å². The third-order valence-corrected chi connectivity index (χ3v) is 3.88. The zero-order valence-electron chi connectivity index (χ0n) is 10.7. The minimum Gasteiger partial charge on any atom is -0.488 e. The summed E-state index contributed by atoms with van der Waals surface area (Å²) in [4.78, 5) is 14.4. The second-order valence-electron chi connectivity index (χ2n) is 4.04. The molecule has 19 heavy (non-hydrogen) atoms. The molecule has 0 fully saturated rings. The van der Waals surface area contributed by atoms with Gasteiger partial charge in [0.2, 0.25) is 5.43 Å². The van der Waals surface area contributed by atoms with Crippen molar-refractivity contribution in [2.45, 2.75) is 25.5 Å². The smallest absolute Gasteiger partial charge is 0.223 e. The molecule has 0 saturated heterocycles. The first-order valence-corrected chi connectivity index (χ1v) is 7.72. The van der Waals surface area contributed by atoms with E-state index in [2.05, 4.69) is 4.98 Å². The Morgan fingerprint density at radius 3 is 2.79 bits per heavy atom. The van der Waals surface area contributed by atoms with Crippen molar-refractivity contribution in [3.05, 3.63) is 28.2 Å². The van der Waals surface area contributed by atoms with Crippen LogP contribution in [0.3, 0.4) is 0 Å². The van der Waals surface area contributed by atoms with Crippen molar-refractivity contribution in [1.82, 2.24) is 4.98 Å². The Balaban J connectivity index is 2.79. The van der Waals surface area contributed by atoms with Gasteiger partial charge < -0.3 is 9.72 Å². The van der Waals surface area contributed by atoms with Crippen LogP contribution in [-0.2, 0) is 15.6 Å². The SMILES string of the molecule is CCCOc1c[nH]c(CS(=O)(=O)CCC#N)cc1=O. The van der Waals surface area contributed by atoms with Crippen molar-refractivity contribution in [3.8, 4) is 11.8 Å². The quantitative estimate of drug-likeness (QED) is 0.804. The van der Waals surface area contributed by atoms with Crippen molar-refractivity contribution in [2.75, 3.05) is 12.4 Å². The van der Waals surface area contributed by atoms with Crippen LogP contribution in [0.4, 0.5) is 0 Å². The fourth-order valence-electron chi connectivity index (χ4n) is 1.42. The van der Waals surface area contributed by atoms with Crippen LogP contribution in [0.1, 0.15) is 25.5 Å². The van der Waals surface area contributed by atoms with Gasteiger partial charge >= 0.3 is 0 Å². The van der Waals surface area contributed by atoms with Gasteiger partial charge in [-0.05, 0) is 6.42 Å². The summed E-state index contributed by atoms with van der Waals surface area (Å²) in [5.74, 6) is -0.308. The molecule has 0 aliphatic carbocycles. The maximum atomic E-state index is 11.7. The molecule has 0 spiro atoms. The standard InChI is InChI=1S/C12H16N2O4S/c1-2-5-18-12-8-14-10(7-11(12)15)9-19(16,17)6-3-4-13/h7-8H,2-3,5-6,9H2,1H3,(H,14,15). The van der Waals surface area contributed by atoms with Crippen molar-refractivity contribution in [1.29, 1.82) is 5.26 Å². The molecule has 6 nitrogen and oxygen atoms in total. The van der Waals surface area contributed by atoms with Crippen molar-refractivity contribution >= 4 is 9.84 Å². The van der Waals surface area contributed by atoms with Gasteiger partial charge in [0, 0.05) is 24.4 Å². The van der Waals surface area contributed by atoms with Gasteiger partial charge in [0.05, 0.1) is 24.2 Å². The van der Waals surface area contributed by atoms with Crippen LogP contribution in [0.2, 0.25) is 0 Å². The molecule has 0 bridgehead atoms. The van der Waals surface area contributed by atoms with Gasteiger partial charge in [0.1, 0.15) is 0 Å². The molecule has 0 aromatic carbocycles. The van der Waals surface area contributed by atoms with E-state index in [9.17, 15) is 13.2 Å². The Kier molecular flexibility index (Phi) is 5.57. The van der Waals surface area contributed by atoms with E-state index in [-0.39, 0.29) is 29.1 Å². The fourth-order valence-corrected chi connectivity index (χ4v) is 2.61. The Labute approximate surface area is 111 Å². The maximum absolute atomic E-state index is 11.7. The molecule has 1 aromatic heterocycles. The second kappa shape index (κ2) is 6.95. The van der Waals surface area contributed by atoms with E-state index in [1.165, 1.54) is 12.3 Å². The monoisotopic (exact) mass is 284 g/mol. The zero-order valence-corrected chi connectivity index (χ0v) is 11.5. The molecular weight excluding hydrogens is 268 g/mol. The molecule has 1 heterocycles. The van der Waals surface area contributed by atoms with Gasteiger partial charge in [0.25, 0.3) is 0 Å². The highest BCUT2D eigenvalue weighted by Crippen LogP contribution is 2.07. The summed E-state index contributed by atoms with van der Waals surface area (Å²) in [5, 5.41) is 8.37. The number of hydrogen-bond acceptors (Lipinski definition) is 5. The van der Waals surface area contributed by atoms with E-state index in [1.807, 2.05) is 6.92 Å². The summed E-state index contributed by atoms with van der Waals surface area (Å²) >= 11 is 0. The molecule has 0 atom stereocenters. The summed E-state index contributed by atoms with van der Waals surface area (Å²) in [6.07, 6.45) is 2.10. The second-order valence-corrected chi connectivity index (χ2v) is 6.22. The Morgan fingerprint density at radius 2 is 2.21 bits per heavy atom. The van der Waals surface area contributed by atoms with Crippen molar-refractivity contribution < 1.29 is 13.2 Å². The number of H-pyrrole nitrogens is 1. The average molecular weight is 284 g/mol. The largest absolute Gasteiger partial charge is 0.488 e. The molecule has 1 N–H and O–H groups in total. The number of pyridine rings is 1. The molecule has 0 aliphatic heterocycles. The van der Waals surface area contributed by atoms with Gasteiger partial charge in [0.15, 0.2) is 15.6 Å². The Hall–Kier alpha value is -1.81. The summed E-state index contributed by atoms with van der Waals surface area (Å²) in [5.41, 5.74) is -0.0514. The van der Waals surface area contributed by atoms with Gasteiger partial charge in [-0.25, -0.2) is 8.42 Å². The molecular formula is C12H16N2O4S. The number of rotatable bonds is 7. The summed E-state index contributed by atoms with van der Waals surface area (Å²) in [6.45, 7) is 2.35. The highest BCUT2D eigenvalue weighted by molar-refractivity contribution is 7.90. The number of nitriles is 1. The number of hydrogen-bond donors (Lipinski definition) is 1. The highest BCUT2D eigenvalue weighted by atomic mass is 32.2. The Bertz CT molecular complexity index is 613. The van der Waals surface area contributed by atoms with Crippen LogP contribution in [-0.4, -0.2) is 25.8 Å². The maximum Gasteiger partial charge on any atom is 0.223 e. The number of nitrogens with one attached hydrogen (secondary N) is 1. The first-order valence-electron chi connectivity index (χ1n) is 5.90. The molecule has 1 rings (SSSR count). The van der Waals surface area contributed by atoms with Crippen LogP contribution in [0.15, 0.2) is 17.1 Å². The third-order valence-electron chi connectivity index (χ3n) is 2.30. The normalized spacial score (nSPS) is 10.9. The topological polar surface area (TPSA) is 100 Å². The predicted octanol–water partition coefficient (Wildman–Crippen LogP) is 0.992. The molecule has 0 amide bonds. The van der Waals surface area contributed by atoms with Crippen molar-refractivity contribution in [2.24, 2.45) is 0 Å². The van der Waals surface area contributed by atoms with Crippen LogP contribution in [0, 0.1) is 11.3 Å². The lowest BCUT2D eigenvalue weighted by atomic mass is 10.3. The number of aromatic nitrogens is 1. The molecule has 0 radical (unpaired) electrons. The van der Waals surface area contributed by atoms with Gasteiger partial charge in [-0.3, -0.25) is 4.79 Å². The minimum atomic E-state index is -3.38. The lowest BCUT2D eigenvalue weighted by Crippen LogP contribution is -2.14. The predicted molar refractivity (Wildman–Crippen MR) is 70.6 cm³/mol. The molecule has 0 aliphatic rings. The van der Waals surface area contributed by atoms with Gasteiger partial charge in [-0.1, -0.05) is 6.92 Å².